The van der Waals surface area contributed by atoms with Gasteiger partial charge < -0.3 is 5.32 Å². The molecule has 0 saturated heterocycles. The fraction of sp³-hybridized carbons (Fsp3) is 0.538. The molecule has 0 fully saturated rings. The highest BCUT2D eigenvalue weighted by Crippen LogP contribution is 2.25. The lowest BCUT2D eigenvalue weighted by Gasteiger charge is -2.24. The minimum atomic E-state index is -0.347. The van der Waals surface area contributed by atoms with Gasteiger partial charge in [-0.1, -0.05) is 6.07 Å². The maximum atomic E-state index is 11.0. The normalized spacial score (nSPS) is 12.5. The number of nitro benzene ring substituents is 1. The van der Waals surface area contributed by atoms with Crippen molar-refractivity contribution in [3.8, 4) is 0 Å². The van der Waals surface area contributed by atoms with Gasteiger partial charge in [0.15, 0.2) is 0 Å². The van der Waals surface area contributed by atoms with Crippen LogP contribution >= 0.6 is 11.8 Å². The molecule has 0 heterocycles. The molecule has 0 bridgehead atoms. The smallest absolute Gasteiger partial charge is 0.292 e. The fourth-order valence-corrected chi connectivity index (χ4v) is 2.59. The van der Waals surface area contributed by atoms with Gasteiger partial charge in [-0.3, -0.25) is 15.0 Å². The molecule has 106 valence electrons. The van der Waals surface area contributed by atoms with Gasteiger partial charge in [0.05, 0.1) is 4.92 Å². The highest BCUT2D eigenvalue weighted by atomic mass is 32.2. The van der Waals surface area contributed by atoms with E-state index in [9.17, 15) is 10.1 Å². The van der Waals surface area contributed by atoms with E-state index in [1.54, 1.807) is 30.9 Å². The van der Waals surface area contributed by atoms with Crippen LogP contribution in [0.2, 0.25) is 0 Å². The van der Waals surface area contributed by atoms with E-state index in [-0.39, 0.29) is 10.6 Å². The minimum absolute atomic E-state index is 0.130. The molecule has 0 spiro atoms. The Hall–Kier alpha value is -1.27. The van der Waals surface area contributed by atoms with Gasteiger partial charge in [0, 0.05) is 31.5 Å². The van der Waals surface area contributed by atoms with Crippen LogP contribution in [0.3, 0.4) is 0 Å². The van der Waals surface area contributed by atoms with Gasteiger partial charge in [-0.2, -0.15) is 11.8 Å². The number of nitrogens with zero attached hydrogens (tertiary/aromatic N) is 2. The van der Waals surface area contributed by atoms with Crippen LogP contribution < -0.4 is 5.32 Å². The second-order valence-corrected chi connectivity index (χ2v) is 5.49. The second kappa shape index (κ2) is 7.35. The number of nitro groups is 1. The summed E-state index contributed by atoms with van der Waals surface area (Å²) in [5.41, 5.74) is 1.64. The Bertz CT molecular complexity index is 440. The van der Waals surface area contributed by atoms with Crippen molar-refractivity contribution in [2.45, 2.75) is 19.5 Å². The lowest BCUT2D eigenvalue weighted by Crippen LogP contribution is -2.30. The van der Waals surface area contributed by atoms with Gasteiger partial charge in [-0.05, 0) is 31.9 Å². The zero-order valence-electron chi connectivity index (χ0n) is 11.8. The summed E-state index contributed by atoms with van der Waals surface area (Å²) in [6.45, 7) is 2.87. The van der Waals surface area contributed by atoms with E-state index in [0.29, 0.717) is 18.3 Å². The minimum Gasteiger partial charge on any atom is -0.383 e. The van der Waals surface area contributed by atoms with Crippen molar-refractivity contribution >= 4 is 23.1 Å². The molecule has 6 heteroatoms. The number of nitrogens with one attached hydrogen (secondary N) is 1. The molecule has 0 amide bonds. The average molecular weight is 283 g/mol. The molecule has 0 aliphatic carbocycles. The molecule has 1 N–H and O–H groups in total. The van der Waals surface area contributed by atoms with E-state index >= 15 is 0 Å². The Morgan fingerprint density at radius 3 is 2.74 bits per heavy atom. The van der Waals surface area contributed by atoms with Crippen LogP contribution in [0, 0.1) is 10.1 Å². The van der Waals surface area contributed by atoms with Crippen LogP contribution in [0.1, 0.15) is 12.5 Å². The molecule has 1 atom stereocenters. The average Bonchev–Trinajstić information content (AvgIpc) is 2.38. The number of thioether (sulfide) groups is 1. The van der Waals surface area contributed by atoms with Crippen molar-refractivity contribution < 1.29 is 4.92 Å². The van der Waals surface area contributed by atoms with Gasteiger partial charge in [0.2, 0.25) is 0 Å². The summed E-state index contributed by atoms with van der Waals surface area (Å²) in [5.74, 6) is 1.05. The number of hydrogen-bond acceptors (Lipinski definition) is 5. The molecule has 1 rings (SSSR count). The van der Waals surface area contributed by atoms with Crippen molar-refractivity contribution in [1.82, 2.24) is 4.90 Å². The maximum Gasteiger partial charge on any atom is 0.292 e. The highest BCUT2D eigenvalue weighted by molar-refractivity contribution is 7.98. The van der Waals surface area contributed by atoms with Gasteiger partial charge in [0.25, 0.3) is 5.69 Å². The topological polar surface area (TPSA) is 58.4 Å². The van der Waals surface area contributed by atoms with Crippen LogP contribution in [-0.4, -0.2) is 42.0 Å². The Kier molecular flexibility index (Phi) is 6.11. The monoisotopic (exact) mass is 283 g/mol. The molecule has 1 aromatic carbocycles. The van der Waals surface area contributed by atoms with E-state index in [2.05, 4.69) is 23.4 Å². The van der Waals surface area contributed by atoms with Crippen molar-refractivity contribution in [1.29, 1.82) is 0 Å². The Labute approximate surface area is 118 Å². The van der Waals surface area contributed by atoms with Crippen molar-refractivity contribution in [3.63, 3.8) is 0 Å². The molecule has 5 nitrogen and oxygen atoms in total. The molecule has 1 aromatic rings. The predicted octanol–water partition coefficient (Wildman–Crippen LogP) is 2.82. The van der Waals surface area contributed by atoms with Crippen LogP contribution in [0.15, 0.2) is 18.2 Å². The molecule has 0 radical (unpaired) electrons. The summed E-state index contributed by atoms with van der Waals surface area (Å²) < 4.78 is 0. The molecular formula is C13H21N3O2S. The third-order valence-electron chi connectivity index (χ3n) is 3.12. The van der Waals surface area contributed by atoms with Crippen molar-refractivity contribution in [2.75, 3.05) is 31.4 Å². The first-order valence-electron chi connectivity index (χ1n) is 6.13. The summed E-state index contributed by atoms with van der Waals surface area (Å²) in [4.78, 5) is 12.9. The summed E-state index contributed by atoms with van der Waals surface area (Å²) in [6, 6.07) is 5.79. The SMILES string of the molecule is CNc1ccc(CN(C)C(C)CSC)cc1[N+](=O)[O-]. The van der Waals surface area contributed by atoms with Crippen molar-refractivity contribution in [3.05, 3.63) is 33.9 Å². The lowest BCUT2D eigenvalue weighted by atomic mass is 10.1. The quantitative estimate of drug-likeness (QED) is 0.616. The van der Waals surface area contributed by atoms with Gasteiger partial charge in [-0.25, -0.2) is 0 Å². The lowest BCUT2D eigenvalue weighted by molar-refractivity contribution is -0.384. The Balaban J connectivity index is 2.85. The number of benzene rings is 1. The van der Waals surface area contributed by atoms with Gasteiger partial charge in [-0.15, -0.1) is 0 Å². The Morgan fingerprint density at radius 1 is 1.53 bits per heavy atom. The molecular weight excluding hydrogens is 262 g/mol. The van der Waals surface area contributed by atoms with Crippen LogP contribution in [0.25, 0.3) is 0 Å². The molecule has 0 saturated carbocycles. The fourth-order valence-electron chi connectivity index (χ4n) is 1.85. The third kappa shape index (κ3) is 4.40. The summed E-state index contributed by atoms with van der Waals surface area (Å²) in [7, 11) is 3.73. The van der Waals surface area contributed by atoms with Gasteiger partial charge in [0.1, 0.15) is 5.69 Å². The summed E-state index contributed by atoms with van der Waals surface area (Å²) >= 11 is 1.80. The van der Waals surface area contributed by atoms with E-state index in [4.69, 9.17) is 0 Å². The molecule has 19 heavy (non-hydrogen) atoms. The first-order valence-corrected chi connectivity index (χ1v) is 7.53. The predicted molar refractivity (Wildman–Crippen MR) is 82.0 cm³/mol. The van der Waals surface area contributed by atoms with Crippen LogP contribution in [0.5, 0.6) is 0 Å². The summed E-state index contributed by atoms with van der Waals surface area (Å²) in [6.07, 6.45) is 2.08. The van der Waals surface area contributed by atoms with E-state index < -0.39 is 0 Å². The second-order valence-electron chi connectivity index (χ2n) is 4.58. The number of rotatable bonds is 7. The first kappa shape index (κ1) is 15.8. The maximum absolute atomic E-state index is 11.0. The van der Waals surface area contributed by atoms with Crippen LogP contribution in [0.4, 0.5) is 11.4 Å². The highest BCUT2D eigenvalue weighted by Gasteiger charge is 2.15. The number of anilines is 1. The third-order valence-corrected chi connectivity index (χ3v) is 3.94. The standard InChI is InChI=1S/C13H21N3O2S/c1-10(9-19-4)15(3)8-11-5-6-12(14-2)13(7-11)16(17)18/h5-7,10,14H,8-9H2,1-4H3. The van der Waals surface area contributed by atoms with Gasteiger partial charge >= 0.3 is 0 Å². The van der Waals surface area contributed by atoms with E-state index in [1.165, 1.54) is 0 Å². The van der Waals surface area contributed by atoms with Crippen molar-refractivity contribution in [2.24, 2.45) is 0 Å². The molecule has 0 aromatic heterocycles. The zero-order chi connectivity index (χ0) is 14.4. The first-order chi connectivity index (χ1) is 8.99. The molecule has 0 aliphatic heterocycles. The van der Waals surface area contributed by atoms with E-state index in [0.717, 1.165) is 11.3 Å². The largest absolute Gasteiger partial charge is 0.383 e. The Morgan fingerprint density at radius 2 is 2.21 bits per heavy atom. The molecule has 1 unspecified atom stereocenters. The van der Waals surface area contributed by atoms with Crippen LogP contribution in [-0.2, 0) is 6.54 Å². The summed E-state index contributed by atoms with van der Waals surface area (Å²) in [5, 5.41) is 13.8. The van der Waals surface area contributed by atoms with E-state index in [1.807, 2.05) is 13.1 Å². The molecule has 0 aliphatic rings. The number of hydrogen-bond donors (Lipinski definition) is 1. The zero-order valence-corrected chi connectivity index (χ0v) is 12.7.